The van der Waals surface area contributed by atoms with Crippen molar-refractivity contribution in [3.05, 3.63) is 58.7 Å². The summed E-state index contributed by atoms with van der Waals surface area (Å²) in [5, 5.41) is -0.186. The Labute approximate surface area is 192 Å². The first-order valence-electron chi connectivity index (χ1n) is 9.68. The van der Waals surface area contributed by atoms with E-state index in [1.807, 2.05) is 0 Å². The molecule has 1 heterocycles. The van der Waals surface area contributed by atoms with Crippen molar-refractivity contribution in [3.63, 3.8) is 0 Å². The summed E-state index contributed by atoms with van der Waals surface area (Å²) in [5.74, 6) is -3.11. The number of thiazole rings is 1. The standard InChI is InChI=1S/C21H17F8N3OS/c1-31(2)4-3-5-32(19-30-17-15(23)9-14(22)10-16(17)34-19)18(33)11-6-12(20(24,25)26)8-13(7-11)21(27,28)29/h6-10H,3-5H2,1-2H3. The number of hydrogen-bond donors (Lipinski definition) is 0. The Morgan fingerprint density at radius 3 is 2.03 bits per heavy atom. The zero-order chi connectivity index (χ0) is 25.4. The zero-order valence-corrected chi connectivity index (χ0v) is 18.5. The third-order valence-electron chi connectivity index (χ3n) is 4.70. The van der Waals surface area contributed by atoms with E-state index < -0.39 is 46.6 Å². The summed E-state index contributed by atoms with van der Waals surface area (Å²) >= 11 is 0.691. The number of carbonyl (C=O) groups is 1. The van der Waals surface area contributed by atoms with Crippen LogP contribution in [0, 0.1) is 11.6 Å². The van der Waals surface area contributed by atoms with Gasteiger partial charge in [-0.3, -0.25) is 9.69 Å². The van der Waals surface area contributed by atoms with Crippen molar-refractivity contribution in [2.45, 2.75) is 18.8 Å². The molecule has 0 aliphatic rings. The van der Waals surface area contributed by atoms with Gasteiger partial charge in [-0.1, -0.05) is 11.3 Å². The lowest BCUT2D eigenvalue weighted by Crippen LogP contribution is -2.34. The van der Waals surface area contributed by atoms with Gasteiger partial charge in [0.05, 0.1) is 15.8 Å². The Kier molecular flexibility index (Phi) is 7.18. The molecule has 0 aliphatic carbocycles. The van der Waals surface area contributed by atoms with Crippen molar-refractivity contribution in [2.75, 3.05) is 32.1 Å². The minimum atomic E-state index is -5.14. The summed E-state index contributed by atoms with van der Waals surface area (Å²) in [6, 6.07) is 2.11. The van der Waals surface area contributed by atoms with Crippen molar-refractivity contribution in [2.24, 2.45) is 0 Å². The second-order valence-electron chi connectivity index (χ2n) is 7.64. The summed E-state index contributed by atoms with van der Waals surface area (Å²) in [4.78, 5) is 19.8. The van der Waals surface area contributed by atoms with Gasteiger partial charge in [-0.05, 0) is 51.3 Å². The molecule has 0 N–H and O–H groups in total. The number of halogens is 8. The molecule has 0 saturated heterocycles. The van der Waals surface area contributed by atoms with Crippen molar-refractivity contribution >= 4 is 32.6 Å². The molecule has 0 bridgehead atoms. The van der Waals surface area contributed by atoms with Crippen molar-refractivity contribution in [1.29, 1.82) is 0 Å². The molecule has 0 spiro atoms. The molecule has 184 valence electrons. The van der Waals surface area contributed by atoms with E-state index in [4.69, 9.17) is 0 Å². The van der Waals surface area contributed by atoms with Crippen LogP contribution < -0.4 is 4.90 Å². The number of hydrogen-bond acceptors (Lipinski definition) is 4. The van der Waals surface area contributed by atoms with Gasteiger partial charge >= 0.3 is 12.4 Å². The van der Waals surface area contributed by atoms with Gasteiger partial charge < -0.3 is 4.90 Å². The Bertz CT molecular complexity index is 1170. The maximum Gasteiger partial charge on any atom is 0.416 e. The quantitative estimate of drug-likeness (QED) is 0.369. The summed E-state index contributed by atoms with van der Waals surface area (Å²) < 4.78 is 107. The van der Waals surface area contributed by atoms with Crippen molar-refractivity contribution in [1.82, 2.24) is 9.88 Å². The lowest BCUT2D eigenvalue weighted by atomic mass is 10.0. The van der Waals surface area contributed by atoms with E-state index in [-0.39, 0.29) is 34.4 Å². The Hall–Kier alpha value is -2.80. The fourth-order valence-corrected chi connectivity index (χ4v) is 4.15. The van der Waals surface area contributed by atoms with Crippen molar-refractivity contribution in [3.8, 4) is 0 Å². The fourth-order valence-electron chi connectivity index (χ4n) is 3.12. The van der Waals surface area contributed by atoms with Crippen LogP contribution in [0.5, 0.6) is 0 Å². The van der Waals surface area contributed by atoms with E-state index in [9.17, 15) is 39.9 Å². The van der Waals surface area contributed by atoms with Crippen molar-refractivity contribution < 1.29 is 39.9 Å². The number of fused-ring (bicyclic) bond motifs is 1. The average molecular weight is 511 g/mol. The fraction of sp³-hybridized carbons (Fsp3) is 0.333. The maximum atomic E-state index is 14.1. The first kappa shape index (κ1) is 25.8. The predicted octanol–water partition coefficient (Wildman–Crippen LogP) is 6.21. The highest BCUT2D eigenvalue weighted by Crippen LogP contribution is 2.37. The normalized spacial score (nSPS) is 12.6. The number of alkyl halides is 6. The Morgan fingerprint density at radius 2 is 1.50 bits per heavy atom. The van der Waals surface area contributed by atoms with E-state index in [1.54, 1.807) is 19.0 Å². The van der Waals surface area contributed by atoms with E-state index in [2.05, 4.69) is 4.98 Å². The molecule has 1 amide bonds. The summed E-state index contributed by atoms with van der Waals surface area (Å²) in [6.45, 7) is 0.284. The highest BCUT2D eigenvalue weighted by Gasteiger charge is 2.38. The Balaban J connectivity index is 2.11. The van der Waals surface area contributed by atoms with Gasteiger partial charge in [0.15, 0.2) is 10.9 Å². The van der Waals surface area contributed by atoms with E-state index in [0.717, 1.165) is 11.0 Å². The molecular formula is C21H17F8N3OS. The van der Waals surface area contributed by atoms with Gasteiger partial charge in [0.25, 0.3) is 5.91 Å². The lowest BCUT2D eigenvalue weighted by Gasteiger charge is -2.22. The SMILES string of the molecule is CN(C)CCCN(C(=O)c1cc(C(F)(F)F)cc(C(F)(F)F)c1)c1nc2c(F)cc(F)cc2s1. The van der Waals surface area contributed by atoms with Gasteiger partial charge in [-0.2, -0.15) is 26.3 Å². The topological polar surface area (TPSA) is 36.4 Å². The number of nitrogens with zero attached hydrogens (tertiary/aromatic N) is 3. The van der Waals surface area contributed by atoms with Crippen LogP contribution in [-0.4, -0.2) is 43.0 Å². The molecule has 2 aromatic carbocycles. The number of rotatable bonds is 6. The van der Waals surface area contributed by atoms with Crippen LogP contribution in [-0.2, 0) is 12.4 Å². The van der Waals surface area contributed by atoms with Crippen LogP contribution in [0.15, 0.2) is 30.3 Å². The molecule has 0 atom stereocenters. The molecule has 0 saturated carbocycles. The number of aromatic nitrogens is 1. The molecule has 0 aliphatic heterocycles. The monoisotopic (exact) mass is 511 g/mol. The maximum absolute atomic E-state index is 14.1. The zero-order valence-electron chi connectivity index (χ0n) is 17.7. The van der Waals surface area contributed by atoms with E-state index in [1.165, 1.54) is 0 Å². The molecule has 1 aromatic heterocycles. The second-order valence-corrected chi connectivity index (χ2v) is 8.65. The van der Waals surface area contributed by atoms with Gasteiger partial charge in [0.2, 0.25) is 0 Å². The average Bonchev–Trinajstić information content (AvgIpc) is 3.13. The summed E-state index contributed by atoms with van der Waals surface area (Å²) in [6.07, 6.45) is -10.00. The second kappa shape index (κ2) is 9.45. The minimum absolute atomic E-state index is 0.0259. The highest BCUT2D eigenvalue weighted by atomic mass is 32.1. The van der Waals surface area contributed by atoms with Crippen LogP contribution in [0.25, 0.3) is 10.2 Å². The van der Waals surface area contributed by atoms with E-state index >= 15 is 0 Å². The third kappa shape index (κ3) is 5.81. The molecule has 0 radical (unpaired) electrons. The molecule has 0 unspecified atom stereocenters. The summed E-state index contributed by atoms with van der Waals surface area (Å²) in [5.41, 5.74) is -4.42. The number of amides is 1. The molecular weight excluding hydrogens is 494 g/mol. The minimum Gasteiger partial charge on any atom is -0.309 e. The van der Waals surface area contributed by atoms with Crippen LogP contribution in [0.4, 0.5) is 40.3 Å². The number of anilines is 1. The summed E-state index contributed by atoms with van der Waals surface area (Å²) in [7, 11) is 3.45. The Morgan fingerprint density at radius 1 is 0.912 bits per heavy atom. The van der Waals surface area contributed by atoms with Crippen LogP contribution in [0.1, 0.15) is 27.9 Å². The van der Waals surface area contributed by atoms with Gasteiger partial charge in [-0.25, -0.2) is 13.8 Å². The van der Waals surface area contributed by atoms with Crippen LogP contribution in [0.2, 0.25) is 0 Å². The molecule has 4 nitrogen and oxygen atoms in total. The van der Waals surface area contributed by atoms with Gasteiger partial charge in [0, 0.05) is 18.2 Å². The smallest absolute Gasteiger partial charge is 0.309 e. The van der Waals surface area contributed by atoms with E-state index in [0.29, 0.717) is 36.1 Å². The lowest BCUT2D eigenvalue weighted by molar-refractivity contribution is -0.143. The molecule has 3 rings (SSSR count). The first-order valence-corrected chi connectivity index (χ1v) is 10.5. The largest absolute Gasteiger partial charge is 0.416 e. The highest BCUT2D eigenvalue weighted by molar-refractivity contribution is 7.22. The predicted molar refractivity (Wildman–Crippen MR) is 111 cm³/mol. The number of benzene rings is 2. The number of carbonyl (C=O) groups excluding carboxylic acids is 1. The molecule has 34 heavy (non-hydrogen) atoms. The van der Waals surface area contributed by atoms with Gasteiger partial charge in [0.1, 0.15) is 11.3 Å². The third-order valence-corrected chi connectivity index (χ3v) is 5.72. The van der Waals surface area contributed by atoms with Crippen LogP contribution in [0.3, 0.4) is 0 Å². The molecule has 3 aromatic rings. The van der Waals surface area contributed by atoms with Gasteiger partial charge in [-0.15, -0.1) is 0 Å². The van der Waals surface area contributed by atoms with Crippen LogP contribution >= 0.6 is 11.3 Å². The first-order chi connectivity index (χ1) is 15.7. The molecule has 13 heteroatoms. The molecule has 0 fully saturated rings.